The first kappa shape index (κ1) is 11.6. The fourth-order valence-electron chi connectivity index (χ4n) is 2.04. The van der Waals surface area contributed by atoms with Crippen molar-refractivity contribution in [3.63, 3.8) is 0 Å². The van der Waals surface area contributed by atoms with Gasteiger partial charge in [0, 0.05) is 17.8 Å². The van der Waals surface area contributed by atoms with Crippen molar-refractivity contribution in [1.82, 2.24) is 9.97 Å². The van der Waals surface area contributed by atoms with Gasteiger partial charge in [0.1, 0.15) is 0 Å². The smallest absolute Gasteiger partial charge is 0.0913 e. The van der Waals surface area contributed by atoms with E-state index >= 15 is 0 Å². The topological polar surface area (TPSA) is 77.8 Å². The highest BCUT2D eigenvalue weighted by molar-refractivity contribution is 5.80. The van der Waals surface area contributed by atoms with Gasteiger partial charge in [-0.1, -0.05) is 18.2 Å². The van der Waals surface area contributed by atoms with Crippen molar-refractivity contribution in [2.75, 3.05) is 5.73 Å². The van der Waals surface area contributed by atoms with Crippen LogP contribution in [0.25, 0.3) is 22.3 Å². The minimum absolute atomic E-state index is 0.480. The SMILES string of the molecule is NCc1ccc(N)c(-c2cnc3ccccc3n2)c1. The lowest BCUT2D eigenvalue weighted by atomic mass is 10.1. The summed E-state index contributed by atoms with van der Waals surface area (Å²) in [6, 6.07) is 13.5. The quantitative estimate of drug-likeness (QED) is 0.684. The summed E-state index contributed by atoms with van der Waals surface area (Å²) in [6.45, 7) is 0.480. The number of nitrogens with two attached hydrogens (primary N) is 2. The molecule has 94 valence electrons. The van der Waals surface area contributed by atoms with E-state index in [0.29, 0.717) is 12.2 Å². The van der Waals surface area contributed by atoms with E-state index in [1.165, 1.54) is 0 Å². The summed E-state index contributed by atoms with van der Waals surface area (Å²) in [4.78, 5) is 9.00. The van der Waals surface area contributed by atoms with Crippen LogP contribution in [0.2, 0.25) is 0 Å². The summed E-state index contributed by atoms with van der Waals surface area (Å²) in [5.41, 5.74) is 16.8. The number of rotatable bonds is 2. The van der Waals surface area contributed by atoms with Gasteiger partial charge in [-0.15, -0.1) is 0 Å². The van der Waals surface area contributed by atoms with Gasteiger partial charge >= 0.3 is 0 Å². The molecular formula is C15H14N4. The average Bonchev–Trinajstić information content (AvgIpc) is 2.47. The molecule has 0 saturated carbocycles. The lowest BCUT2D eigenvalue weighted by Crippen LogP contribution is -1.99. The molecule has 0 amide bonds. The Hall–Kier alpha value is -2.46. The Morgan fingerprint density at radius 1 is 1.00 bits per heavy atom. The third-order valence-electron chi connectivity index (χ3n) is 3.08. The Kier molecular flexibility index (Phi) is 2.85. The molecule has 0 bridgehead atoms. The second-order valence-corrected chi connectivity index (χ2v) is 4.37. The van der Waals surface area contributed by atoms with Crippen LogP contribution in [0.1, 0.15) is 5.56 Å². The zero-order chi connectivity index (χ0) is 13.2. The third-order valence-corrected chi connectivity index (χ3v) is 3.08. The lowest BCUT2D eigenvalue weighted by molar-refractivity contribution is 1.07. The lowest BCUT2D eigenvalue weighted by Gasteiger charge is -2.08. The summed E-state index contributed by atoms with van der Waals surface area (Å²) in [6.07, 6.45) is 1.74. The summed E-state index contributed by atoms with van der Waals surface area (Å²) in [7, 11) is 0. The largest absolute Gasteiger partial charge is 0.398 e. The van der Waals surface area contributed by atoms with Crippen LogP contribution in [0.5, 0.6) is 0 Å². The summed E-state index contributed by atoms with van der Waals surface area (Å²) in [5.74, 6) is 0. The van der Waals surface area contributed by atoms with E-state index in [1.807, 2.05) is 42.5 Å². The van der Waals surface area contributed by atoms with Gasteiger partial charge in [-0.2, -0.15) is 0 Å². The number of anilines is 1. The molecule has 2 aromatic carbocycles. The van der Waals surface area contributed by atoms with Crippen LogP contribution < -0.4 is 11.5 Å². The van der Waals surface area contributed by atoms with Crippen molar-refractivity contribution in [2.24, 2.45) is 5.73 Å². The van der Waals surface area contributed by atoms with E-state index in [4.69, 9.17) is 11.5 Å². The van der Waals surface area contributed by atoms with E-state index in [0.717, 1.165) is 27.9 Å². The van der Waals surface area contributed by atoms with Gasteiger partial charge in [0.15, 0.2) is 0 Å². The molecule has 0 aliphatic heterocycles. The highest BCUT2D eigenvalue weighted by Gasteiger charge is 2.07. The molecule has 0 radical (unpaired) electrons. The molecule has 0 aliphatic carbocycles. The minimum Gasteiger partial charge on any atom is -0.398 e. The first-order chi connectivity index (χ1) is 9.28. The molecule has 3 rings (SSSR count). The highest BCUT2D eigenvalue weighted by Crippen LogP contribution is 2.26. The predicted octanol–water partition coefficient (Wildman–Crippen LogP) is 2.34. The molecule has 1 aromatic heterocycles. The van der Waals surface area contributed by atoms with Crippen molar-refractivity contribution < 1.29 is 0 Å². The predicted molar refractivity (Wildman–Crippen MR) is 77.3 cm³/mol. The Labute approximate surface area is 111 Å². The fraction of sp³-hybridized carbons (Fsp3) is 0.0667. The maximum absolute atomic E-state index is 6.01. The monoisotopic (exact) mass is 250 g/mol. The molecule has 0 unspecified atom stereocenters. The highest BCUT2D eigenvalue weighted by atomic mass is 14.8. The zero-order valence-electron chi connectivity index (χ0n) is 10.4. The van der Waals surface area contributed by atoms with Crippen LogP contribution in [0.15, 0.2) is 48.7 Å². The Morgan fingerprint density at radius 2 is 1.79 bits per heavy atom. The Morgan fingerprint density at radius 3 is 2.58 bits per heavy atom. The Bertz CT molecular complexity index is 737. The number of nitrogens with zero attached hydrogens (tertiary/aromatic N) is 2. The Balaban J connectivity index is 2.18. The number of aromatic nitrogens is 2. The molecule has 19 heavy (non-hydrogen) atoms. The van der Waals surface area contributed by atoms with Crippen molar-refractivity contribution in [1.29, 1.82) is 0 Å². The van der Waals surface area contributed by atoms with Gasteiger partial charge in [-0.05, 0) is 29.8 Å². The number of fused-ring (bicyclic) bond motifs is 1. The van der Waals surface area contributed by atoms with Gasteiger partial charge in [-0.25, -0.2) is 4.98 Å². The molecule has 4 nitrogen and oxygen atoms in total. The fourth-order valence-corrected chi connectivity index (χ4v) is 2.04. The van der Waals surface area contributed by atoms with Crippen LogP contribution in [0.3, 0.4) is 0 Å². The number of nitrogen functional groups attached to an aromatic ring is 1. The molecule has 4 heteroatoms. The van der Waals surface area contributed by atoms with E-state index in [9.17, 15) is 0 Å². The molecule has 0 aliphatic rings. The summed E-state index contributed by atoms with van der Waals surface area (Å²) < 4.78 is 0. The second-order valence-electron chi connectivity index (χ2n) is 4.37. The van der Waals surface area contributed by atoms with E-state index < -0.39 is 0 Å². The number of para-hydroxylation sites is 2. The molecule has 0 fully saturated rings. The molecule has 0 atom stereocenters. The van der Waals surface area contributed by atoms with Crippen molar-refractivity contribution in [3.05, 3.63) is 54.2 Å². The number of benzene rings is 2. The van der Waals surface area contributed by atoms with Gasteiger partial charge < -0.3 is 11.5 Å². The van der Waals surface area contributed by atoms with Gasteiger partial charge in [0.05, 0.1) is 22.9 Å². The van der Waals surface area contributed by atoms with Crippen LogP contribution in [0, 0.1) is 0 Å². The molecule has 0 saturated heterocycles. The van der Waals surface area contributed by atoms with Crippen LogP contribution >= 0.6 is 0 Å². The van der Waals surface area contributed by atoms with Crippen LogP contribution in [0.4, 0.5) is 5.69 Å². The molecular weight excluding hydrogens is 236 g/mol. The second kappa shape index (κ2) is 4.66. The van der Waals surface area contributed by atoms with Crippen molar-refractivity contribution >= 4 is 16.7 Å². The van der Waals surface area contributed by atoms with Gasteiger partial charge in [0.2, 0.25) is 0 Å². The standard InChI is InChI=1S/C15H14N4/c16-8-10-5-6-12(17)11(7-10)15-9-18-13-3-1-2-4-14(13)19-15/h1-7,9H,8,16-17H2. The third kappa shape index (κ3) is 2.13. The van der Waals surface area contributed by atoms with Gasteiger partial charge in [-0.3, -0.25) is 4.98 Å². The van der Waals surface area contributed by atoms with Gasteiger partial charge in [0.25, 0.3) is 0 Å². The average molecular weight is 250 g/mol. The van der Waals surface area contributed by atoms with Crippen LogP contribution in [-0.2, 0) is 6.54 Å². The molecule has 4 N–H and O–H groups in total. The molecule has 1 heterocycles. The molecule has 0 spiro atoms. The maximum atomic E-state index is 6.01. The van der Waals surface area contributed by atoms with E-state index in [2.05, 4.69) is 9.97 Å². The van der Waals surface area contributed by atoms with Crippen molar-refractivity contribution in [3.8, 4) is 11.3 Å². The minimum atomic E-state index is 0.480. The number of hydrogen-bond acceptors (Lipinski definition) is 4. The van der Waals surface area contributed by atoms with E-state index in [-0.39, 0.29) is 0 Å². The number of hydrogen-bond donors (Lipinski definition) is 2. The first-order valence-electron chi connectivity index (χ1n) is 6.08. The normalized spacial score (nSPS) is 10.8. The summed E-state index contributed by atoms with van der Waals surface area (Å²) in [5, 5.41) is 0. The van der Waals surface area contributed by atoms with Crippen LogP contribution in [-0.4, -0.2) is 9.97 Å². The molecule has 3 aromatic rings. The van der Waals surface area contributed by atoms with E-state index in [1.54, 1.807) is 6.20 Å². The zero-order valence-corrected chi connectivity index (χ0v) is 10.4. The summed E-state index contributed by atoms with van der Waals surface area (Å²) >= 11 is 0. The van der Waals surface area contributed by atoms with Crippen molar-refractivity contribution in [2.45, 2.75) is 6.54 Å². The first-order valence-corrected chi connectivity index (χ1v) is 6.08. The maximum Gasteiger partial charge on any atom is 0.0913 e.